The van der Waals surface area contributed by atoms with Crippen LogP contribution in [0.25, 0.3) is 0 Å². The highest BCUT2D eigenvalue weighted by Crippen LogP contribution is 2.31. The first-order chi connectivity index (χ1) is 8.98. The highest BCUT2D eigenvalue weighted by Gasteiger charge is 2.34. The zero-order valence-corrected chi connectivity index (χ0v) is 12.4. The Morgan fingerprint density at radius 3 is 2.68 bits per heavy atom. The lowest BCUT2D eigenvalue weighted by Crippen LogP contribution is -2.30. The molecule has 1 aliphatic rings. The molecule has 7 heteroatoms. The Morgan fingerprint density at radius 2 is 2.11 bits per heavy atom. The fourth-order valence-corrected chi connectivity index (χ4v) is 4.00. The van der Waals surface area contributed by atoms with Crippen LogP contribution in [0.5, 0.6) is 5.75 Å². The highest BCUT2D eigenvalue weighted by atomic mass is 35.5. The van der Waals surface area contributed by atoms with E-state index in [-0.39, 0.29) is 11.0 Å². The lowest BCUT2D eigenvalue weighted by atomic mass is 10.3. The van der Waals surface area contributed by atoms with Crippen molar-refractivity contribution in [3.05, 3.63) is 23.2 Å². The molecule has 1 fully saturated rings. The normalized spacial score (nSPS) is 20.7. The average Bonchev–Trinajstić information content (AvgIpc) is 2.88. The number of rotatable bonds is 4. The lowest BCUT2D eigenvalue weighted by molar-refractivity contribution is 0.115. The molecule has 106 valence electrons. The minimum absolute atomic E-state index is 0.0556. The SMILES string of the molecule is COc1ccc(Cl)cc1S(=O)(=O)N1CCC(OC)C1. The van der Waals surface area contributed by atoms with E-state index in [0.29, 0.717) is 30.3 Å². The molecule has 0 saturated carbocycles. The van der Waals surface area contributed by atoms with Crippen molar-refractivity contribution in [3.63, 3.8) is 0 Å². The maximum absolute atomic E-state index is 12.6. The Labute approximate surface area is 118 Å². The van der Waals surface area contributed by atoms with Crippen LogP contribution in [0, 0.1) is 0 Å². The summed E-state index contributed by atoms with van der Waals surface area (Å²) in [5, 5.41) is 0.363. The summed E-state index contributed by atoms with van der Waals surface area (Å²) in [5.41, 5.74) is 0. The van der Waals surface area contributed by atoms with Gasteiger partial charge < -0.3 is 9.47 Å². The number of hydrogen-bond donors (Lipinski definition) is 0. The number of hydrogen-bond acceptors (Lipinski definition) is 4. The van der Waals surface area contributed by atoms with Crippen LogP contribution in [0.3, 0.4) is 0 Å². The van der Waals surface area contributed by atoms with Gasteiger partial charge in [0.25, 0.3) is 0 Å². The molecule has 1 unspecified atom stereocenters. The molecular formula is C12H16ClNO4S. The molecule has 0 aliphatic carbocycles. The van der Waals surface area contributed by atoms with Crippen LogP contribution in [-0.4, -0.2) is 46.1 Å². The van der Waals surface area contributed by atoms with Gasteiger partial charge in [-0.1, -0.05) is 11.6 Å². The van der Waals surface area contributed by atoms with Gasteiger partial charge in [0, 0.05) is 25.2 Å². The van der Waals surface area contributed by atoms with Gasteiger partial charge >= 0.3 is 0 Å². The third-order valence-corrected chi connectivity index (χ3v) is 5.31. The second kappa shape index (κ2) is 5.66. The number of halogens is 1. The second-order valence-corrected chi connectivity index (χ2v) is 6.65. The molecule has 0 bridgehead atoms. The van der Waals surface area contributed by atoms with E-state index in [1.165, 1.54) is 17.5 Å². The Kier molecular flexibility index (Phi) is 4.35. The molecule has 0 aromatic heterocycles. The fraction of sp³-hybridized carbons (Fsp3) is 0.500. The van der Waals surface area contributed by atoms with Crippen molar-refractivity contribution in [1.82, 2.24) is 4.31 Å². The van der Waals surface area contributed by atoms with E-state index >= 15 is 0 Å². The largest absolute Gasteiger partial charge is 0.495 e. The lowest BCUT2D eigenvalue weighted by Gasteiger charge is -2.18. The number of benzene rings is 1. The molecule has 0 N–H and O–H groups in total. The Balaban J connectivity index is 2.37. The number of methoxy groups -OCH3 is 2. The summed E-state index contributed by atoms with van der Waals surface area (Å²) in [6, 6.07) is 4.57. The molecule has 19 heavy (non-hydrogen) atoms. The maximum Gasteiger partial charge on any atom is 0.246 e. The van der Waals surface area contributed by atoms with E-state index in [2.05, 4.69) is 0 Å². The predicted molar refractivity (Wildman–Crippen MR) is 72.2 cm³/mol. The summed E-state index contributed by atoms with van der Waals surface area (Å²) >= 11 is 5.88. The quantitative estimate of drug-likeness (QED) is 0.850. The van der Waals surface area contributed by atoms with Crippen LogP contribution in [0.1, 0.15) is 6.42 Å². The van der Waals surface area contributed by atoms with Crippen LogP contribution in [0.2, 0.25) is 5.02 Å². The Hall–Kier alpha value is -0.820. The van der Waals surface area contributed by atoms with E-state index in [1.807, 2.05) is 0 Å². The van der Waals surface area contributed by atoms with Gasteiger partial charge in [-0.25, -0.2) is 8.42 Å². The minimum Gasteiger partial charge on any atom is -0.495 e. The summed E-state index contributed by atoms with van der Waals surface area (Å²) < 4.78 is 36.8. The highest BCUT2D eigenvalue weighted by molar-refractivity contribution is 7.89. The first-order valence-corrected chi connectivity index (χ1v) is 7.67. The van der Waals surface area contributed by atoms with E-state index in [1.54, 1.807) is 19.2 Å². The smallest absolute Gasteiger partial charge is 0.246 e. The summed E-state index contributed by atoms with van der Waals surface area (Å²) in [6.45, 7) is 0.797. The molecule has 1 heterocycles. The minimum atomic E-state index is -3.60. The number of sulfonamides is 1. The Bertz CT molecular complexity index is 561. The monoisotopic (exact) mass is 305 g/mol. The molecule has 1 saturated heterocycles. The van der Waals surface area contributed by atoms with E-state index < -0.39 is 10.0 Å². The van der Waals surface area contributed by atoms with Gasteiger partial charge in [-0.3, -0.25) is 0 Å². The fourth-order valence-electron chi connectivity index (χ4n) is 2.10. The van der Waals surface area contributed by atoms with E-state index in [9.17, 15) is 8.42 Å². The van der Waals surface area contributed by atoms with Crippen LogP contribution in [0.4, 0.5) is 0 Å². The summed E-state index contributed by atoms with van der Waals surface area (Å²) in [7, 11) is -0.584. The van der Waals surface area contributed by atoms with Gasteiger partial charge in [-0.2, -0.15) is 4.31 Å². The van der Waals surface area contributed by atoms with Gasteiger partial charge in [0.2, 0.25) is 10.0 Å². The maximum atomic E-state index is 12.6. The van der Waals surface area contributed by atoms with Gasteiger partial charge in [0.15, 0.2) is 0 Å². The zero-order valence-electron chi connectivity index (χ0n) is 10.8. The van der Waals surface area contributed by atoms with Crippen molar-refractivity contribution in [2.24, 2.45) is 0 Å². The van der Waals surface area contributed by atoms with Crippen molar-refractivity contribution in [3.8, 4) is 5.75 Å². The van der Waals surface area contributed by atoms with Crippen LogP contribution < -0.4 is 4.74 Å². The zero-order chi connectivity index (χ0) is 14.0. The van der Waals surface area contributed by atoms with Crippen molar-refractivity contribution in [2.75, 3.05) is 27.3 Å². The van der Waals surface area contributed by atoms with Gasteiger partial charge in [-0.15, -0.1) is 0 Å². The van der Waals surface area contributed by atoms with Crippen molar-refractivity contribution >= 4 is 21.6 Å². The molecule has 1 aliphatic heterocycles. The Morgan fingerprint density at radius 1 is 1.37 bits per heavy atom. The van der Waals surface area contributed by atoms with Gasteiger partial charge in [0.1, 0.15) is 10.6 Å². The standard InChI is InChI=1S/C12H16ClNO4S/c1-17-10-5-6-14(8-10)19(15,16)12-7-9(13)3-4-11(12)18-2/h3-4,7,10H,5-6,8H2,1-2H3. The molecule has 0 amide bonds. The van der Waals surface area contributed by atoms with E-state index in [4.69, 9.17) is 21.1 Å². The average molecular weight is 306 g/mol. The summed E-state index contributed by atoms with van der Waals surface area (Å²) in [5.74, 6) is 0.297. The molecule has 0 spiro atoms. The topological polar surface area (TPSA) is 55.8 Å². The summed E-state index contributed by atoms with van der Waals surface area (Å²) in [6.07, 6.45) is 0.637. The molecule has 5 nitrogen and oxygen atoms in total. The predicted octanol–water partition coefficient (Wildman–Crippen LogP) is 1.76. The van der Waals surface area contributed by atoms with Gasteiger partial charge in [-0.05, 0) is 24.6 Å². The third kappa shape index (κ3) is 2.86. The molecule has 1 aromatic carbocycles. The first kappa shape index (κ1) is 14.6. The number of ether oxygens (including phenoxy) is 2. The first-order valence-electron chi connectivity index (χ1n) is 5.85. The second-order valence-electron chi connectivity index (χ2n) is 4.30. The van der Waals surface area contributed by atoms with Crippen molar-refractivity contribution in [1.29, 1.82) is 0 Å². The van der Waals surface area contributed by atoms with Crippen LogP contribution in [-0.2, 0) is 14.8 Å². The molecular weight excluding hydrogens is 290 g/mol. The van der Waals surface area contributed by atoms with Crippen molar-refractivity contribution < 1.29 is 17.9 Å². The van der Waals surface area contributed by atoms with Crippen molar-refractivity contribution in [2.45, 2.75) is 17.4 Å². The molecule has 1 aromatic rings. The molecule has 2 rings (SSSR count). The third-order valence-electron chi connectivity index (χ3n) is 3.18. The summed E-state index contributed by atoms with van der Waals surface area (Å²) in [4.78, 5) is 0.0965. The molecule has 1 atom stereocenters. The molecule has 0 radical (unpaired) electrons. The van der Waals surface area contributed by atoms with Crippen LogP contribution in [0.15, 0.2) is 23.1 Å². The van der Waals surface area contributed by atoms with Gasteiger partial charge in [0.05, 0.1) is 13.2 Å². The van der Waals surface area contributed by atoms with E-state index in [0.717, 1.165) is 0 Å². The van der Waals surface area contributed by atoms with Crippen LogP contribution >= 0.6 is 11.6 Å². The number of nitrogens with zero attached hydrogens (tertiary/aromatic N) is 1.